The van der Waals surface area contributed by atoms with Crippen molar-refractivity contribution in [2.24, 2.45) is 0 Å². The highest BCUT2D eigenvalue weighted by molar-refractivity contribution is 5.84. The summed E-state index contributed by atoms with van der Waals surface area (Å²) in [7, 11) is 0. The normalized spacial score (nSPS) is 14.6. The van der Waals surface area contributed by atoms with Crippen LogP contribution in [0.2, 0.25) is 0 Å². The minimum absolute atomic E-state index is 0.00965. The highest BCUT2D eigenvalue weighted by Crippen LogP contribution is 2.32. The Kier molecular flexibility index (Phi) is 4.61. The average molecular weight is 341 g/mol. The molecule has 0 saturated carbocycles. The molecule has 25 heavy (non-hydrogen) atoms. The van der Waals surface area contributed by atoms with E-state index in [2.05, 4.69) is 5.32 Å². The Labute approximate surface area is 145 Å². The lowest BCUT2D eigenvalue weighted by atomic mass is 9.82. The van der Waals surface area contributed by atoms with E-state index in [1.807, 2.05) is 6.07 Å². The lowest BCUT2D eigenvalue weighted by Gasteiger charge is -2.25. The predicted octanol–water partition coefficient (Wildman–Crippen LogP) is 2.12. The van der Waals surface area contributed by atoms with Crippen molar-refractivity contribution >= 4 is 11.9 Å². The number of rotatable bonds is 6. The number of nitrogens with one attached hydrogen (secondary N) is 1. The number of carbonyl (C=O) groups is 2. The SMILES string of the molecule is CC(CNC(=O)Cc1ccc2c(c1)OCO2)(C(=O)O)c1ccccc1. The minimum atomic E-state index is -1.19. The van der Waals surface area contributed by atoms with Gasteiger partial charge in [-0.3, -0.25) is 9.59 Å². The van der Waals surface area contributed by atoms with Gasteiger partial charge in [-0.25, -0.2) is 0 Å². The van der Waals surface area contributed by atoms with Gasteiger partial charge in [0.1, 0.15) is 5.41 Å². The largest absolute Gasteiger partial charge is 0.481 e. The van der Waals surface area contributed by atoms with Crippen molar-refractivity contribution < 1.29 is 24.2 Å². The number of aliphatic carboxylic acids is 1. The van der Waals surface area contributed by atoms with E-state index in [0.29, 0.717) is 17.1 Å². The van der Waals surface area contributed by atoms with Gasteiger partial charge in [-0.1, -0.05) is 36.4 Å². The monoisotopic (exact) mass is 341 g/mol. The molecule has 0 aromatic heterocycles. The fraction of sp³-hybridized carbons (Fsp3) is 0.263. The molecular weight excluding hydrogens is 322 g/mol. The first kappa shape index (κ1) is 16.8. The van der Waals surface area contributed by atoms with E-state index in [9.17, 15) is 14.7 Å². The van der Waals surface area contributed by atoms with Crippen LogP contribution in [0, 0.1) is 0 Å². The Balaban J connectivity index is 1.65. The number of amides is 1. The van der Waals surface area contributed by atoms with Crippen LogP contribution in [-0.4, -0.2) is 30.3 Å². The maximum absolute atomic E-state index is 12.2. The number of carboxylic acid groups (broad SMARTS) is 1. The molecule has 0 radical (unpaired) electrons. The Hall–Kier alpha value is -3.02. The lowest BCUT2D eigenvalue weighted by Crippen LogP contribution is -2.44. The Bertz CT molecular complexity index is 790. The lowest BCUT2D eigenvalue weighted by molar-refractivity contribution is -0.143. The van der Waals surface area contributed by atoms with Gasteiger partial charge in [0, 0.05) is 6.54 Å². The minimum Gasteiger partial charge on any atom is -0.481 e. The fourth-order valence-corrected chi connectivity index (χ4v) is 2.68. The van der Waals surface area contributed by atoms with E-state index in [0.717, 1.165) is 5.56 Å². The second kappa shape index (κ2) is 6.84. The molecule has 0 aliphatic carbocycles. The van der Waals surface area contributed by atoms with Gasteiger partial charge >= 0.3 is 5.97 Å². The first-order valence-electron chi connectivity index (χ1n) is 7.93. The second-order valence-corrected chi connectivity index (χ2v) is 6.14. The number of benzene rings is 2. The van der Waals surface area contributed by atoms with Crippen molar-refractivity contribution in [3.05, 3.63) is 59.7 Å². The third-order valence-electron chi connectivity index (χ3n) is 4.32. The number of carboxylic acids is 1. The summed E-state index contributed by atoms with van der Waals surface area (Å²) in [4.78, 5) is 24.0. The fourth-order valence-electron chi connectivity index (χ4n) is 2.68. The molecule has 6 heteroatoms. The summed E-state index contributed by atoms with van der Waals surface area (Å²) in [5.74, 6) is 0.0426. The number of fused-ring (bicyclic) bond motifs is 1. The van der Waals surface area contributed by atoms with Gasteiger partial charge in [0.25, 0.3) is 0 Å². The zero-order valence-electron chi connectivity index (χ0n) is 13.8. The molecule has 1 amide bonds. The second-order valence-electron chi connectivity index (χ2n) is 6.14. The summed E-state index contributed by atoms with van der Waals surface area (Å²) in [5.41, 5.74) is 0.232. The zero-order chi connectivity index (χ0) is 17.9. The molecule has 0 spiro atoms. The molecule has 0 fully saturated rings. The zero-order valence-corrected chi connectivity index (χ0v) is 13.8. The molecule has 0 saturated heterocycles. The van der Waals surface area contributed by atoms with Crippen LogP contribution < -0.4 is 14.8 Å². The Morgan fingerprint density at radius 1 is 1.12 bits per heavy atom. The van der Waals surface area contributed by atoms with E-state index in [4.69, 9.17) is 9.47 Å². The molecule has 1 unspecified atom stereocenters. The molecule has 2 aromatic carbocycles. The number of carbonyl (C=O) groups excluding carboxylic acids is 1. The molecular formula is C19H19NO5. The van der Waals surface area contributed by atoms with Gasteiger partial charge in [0.05, 0.1) is 6.42 Å². The summed E-state index contributed by atoms with van der Waals surface area (Å²) in [6.07, 6.45) is 0.140. The highest BCUT2D eigenvalue weighted by atomic mass is 16.7. The molecule has 2 N–H and O–H groups in total. The maximum Gasteiger partial charge on any atom is 0.315 e. The first-order chi connectivity index (χ1) is 12.0. The summed E-state index contributed by atoms with van der Waals surface area (Å²) < 4.78 is 10.5. The molecule has 0 bridgehead atoms. The summed E-state index contributed by atoms with van der Waals surface area (Å²) in [5, 5.41) is 12.3. The predicted molar refractivity (Wildman–Crippen MR) is 90.7 cm³/mol. The van der Waals surface area contributed by atoms with Gasteiger partial charge in [-0.15, -0.1) is 0 Å². The third-order valence-corrected chi connectivity index (χ3v) is 4.32. The average Bonchev–Trinajstić information content (AvgIpc) is 3.08. The van der Waals surface area contributed by atoms with E-state index in [1.54, 1.807) is 49.4 Å². The third kappa shape index (κ3) is 3.57. The molecule has 1 atom stereocenters. The van der Waals surface area contributed by atoms with E-state index in [-0.39, 0.29) is 25.7 Å². The van der Waals surface area contributed by atoms with Crippen LogP contribution in [0.3, 0.4) is 0 Å². The standard InChI is InChI=1S/C19H19NO5/c1-19(18(22)23,14-5-3-2-4-6-14)11-20-17(21)10-13-7-8-15-16(9-13)25-12-24-15/h2-9H,10-12H2,1H3,(H,20,21)(H,22,23). The first-order valence-corrected chi connectivity index (χ1v) is 7.93. The Morgan fingerprint density at radius 3 is 2.56 bits per heavy atom. The number of hydrogen-bond acceptors (Lipinski definition) is 4. The van der Waals surface area contributed by atoms with Gasteiger partial charge < -0.3 is 19.9 Å². The van der Waals surface area contributed by atoms with Crippen molar-refractivity contribution in [2.75, 3.05) is 13.3 Å². The molecule has 2 aromatic rings. The van der Waals surface area contributed by atoms with Crippen molar-refractivity contribution in [3.8, 4) is 11.5 Å². The van der Waals surface area contributed by atoms with Crippen LogP contribution >= 0.6 is 0 Å². The van der Waals surface area contributed by atoms with Crippen LogP contribution in [0.25, 0.3) is 0 Å². The van der Waals surface area contributed by atoms with Gasteiger partial charge in [-0.2, -0.15) is 0 Å². The molecule has 1 aliphatic heterocycles. The maximum atomic E-state index is 12.2. The number of ether oxygens (including phenoxy) is 2. The highest BCUT2D eigenvalue weighted by Gasteiger charge is 2.35. The van der Waals surface area contributed by atoms with E-state index >= 15 is 0 Å². The van der Waals surface area contributed by atoms with Gasteiger partial charge in [-0.05, 0) is 30.2 Å². The van der Waals surface area contributed by atoms with Crippen molar-refractivity contribution in [3.63, 3.8) is 0 Å². The molecule has 130 valence electrons. The summed E-state index contributed by atoms with van der Waals surface area (Å²) in [6.45, 7) is 1.79. The van der Waals surface area contributed by atoms with Crippen LogP contribution in [0.5, 0.6) is 11.5 Å². The van der Waals surface area contributed by atoms with Crippen molar-refractivity contribution in [1.82, 2.24) is 5.32 Å². The quantitative estimate of drug-likeness (QED) is 0.841. The van der Waals surface area contributed by atoms with Crippen LogP contribution in [0.1, 0.15) is 18.1 Å². The molecule has 6 nitrogen and oxygen atoms in total. The van der Waals surface area contributed by atoms with E-state index in [1.165, 1.54) is 0 Å². The number of hydrogen-bond donors (Lipinski definition) is 2. The smallest absolute Gasteiger partial charge is 0.315 e. The van der Waals surface area contributed by atoms with Crippen LogP contribution in [0.15, 0.2) is 48.5 Å². The van der Waals surface area contributed by atoms with Crippen LogP contribution in [0.4, 0.5) is 0 Å². The van der Waals surface area contributed by atoms with E-state index < -0.39 is 11.4 Å². The van der Waals surface area contributed by atoms with Crippen molar-refractivity contribution in [1.29, 1.82) is 0 Å². The molecule has 1 aliphatic rings. The summed E-state index contributed by atoms with van der Waals surface area (Å²) >= 11 is 0. The van der Waals surface area contributed by atoms with Gasteiger partial charge in [0.15, 0.2) is 11.5 Å². The Morgan fingerprint density at radius 2 is 1.84 bits per heavy atom. The van der Waals surface area contributed by atoms with Crippen LogP contribution in [-0.2, 0) is 21.4 Å². The molecule has 3 rings (SSSR count). The summed E-state index contributed by atoms with van der Waals surface area (Å²) in [6, 6.07) is 14.2. The van der Waals surface area contributed by atoms with Crippen molar-refractivity contribution in [2.45, 2.75) is 18.8 Å². The van der Waals surface area contributed by atoms with Gasteiger partial charge in [0.2, 0.25) is 12.7 Å². The molecule has 1 heterocycles. The topological polar surface area (TPSA) is 84.9 Å².